The molecule has 0 aromatic heterocycles. The topological polar surface area (TPSA) is 61.8 Å². The van der Waals surface area contributed by atoms with Gasteiger partial charge in [-0.1, -0.05) is 24.3 Å². The lowest BCUT2D eigenvalue weighted by Crippen LogP contribution is -2.24. The molecule has 0 bridgehead atoms. The predicted molar refractivity (Wildman–Crippen MR) is 87.0 cm³/mol. The Bertz CT molecular complexity index is 862. The zero-order valence-electron chi connectivity index (χ0n) is 14.2. The number of esters is 2. The van der Waals surface area contributed by atoms with Crippen LogP contribution >= 0.6 is 0 Å². The molecule has 0 spiro atoms. The fraction of sp³-hybridized carbons (Fsp3) is 0.263. The summed E-state index contributed by atoms with van der Waals surface area (Å²) >= 11 is 0. The summed E-state index contributed by atoms with van der Waals surface area (Å²) in [5, 5.41) is 0. The molecule has 2 aromatic carbocycles. The SMILES string of the molecule is COc1ccccc1[C@@H]1OC(=O)C[C@@H]1C(=O)Oc1cccc(C(F)(F)F)c1. The quantitative estimate of drug-likeness (QED) is 0.594. The molecule has 2 aromatic rings. The first-order valence-corrected chi connectivity index (χ1v) is 8.01. The summed E-state index contributed by atoms with van der Waals surface area (Å²) in [6.07, 6.45) is -5.73. The molecule has 1 fully saturated rings. The average molecular weight is 380 g/mol. The van der Waals surface area contributed by atoms with Crippen molar-refractivity contribution in [3.8, 4) is 11.5 Å². The van der Waals surface area contributed by atoms with Crippen molar-refractivity contribution in [2.24, 2.45) is 5.92 Å². The first kappa shape index (κ1) is 18.8. The van der Waals surface area contributed by atoms with Gasteiger partial charge in [0.15, 0.2) is 0 Å². The van der Waals surface area contributed by atoms with E-state index in [0.717, 1.165) is 18.2 Å². The molecule has 142 valence electrons. The fourth-order valence-electron chi connectivity index (χ4n) is 2.87. The van der Waals surface area contributed by atoms with Crippen LogP contribution in [-0.4, -0.2) is 19.0 Å². The second kappa shape index (κ2) is 7.30. The minimum Gasteiger partial charge on any atom is -0.496 e. The van der Waals surface area contributed by atoms with Crippen LogP contribution in [0.4, 0.5) is 13.2 Å². The van der Waals surface area contributed by atoms with Crippen molar-refractivity contribution in [3.63, 3.8) is 0 Å². The predicted octanol–water partition coefficient (Wildman–Crippen LogP) is 3.92. The first-order valence-electron chi connectivity index (χ1n) is 8.01. The molecule has 1 saturated heterocycles. The van der Waals surface area contributed by atoms with Crippen molar-refractivity contribution in [2.45, 2.75) is 18.7 Å². The summed E-state index contributed by atoms with van der Waals surface area (Å²) in [5.74, 6) is -2.28. The fourth-order valence-corrected chi connectivity index (χ4v) is 2.87. The van der Waals surface area contributed by atoms with Gasteiger partial charge in [0.2, 0.25) is 0 Å². The lowest BCUT2D eigenvalue weighted by Gasteiger charge is -2.19. The Morgan fingerprint density at radius 2 is 1.89 bits per heavy atom. The minimum atomic E-state index is -4.56. The number of hydrogen-bond donors (Lipinski definition) is 0. The lowest BCUT2D eigenvalue weighted by atomic mass is 9.94. The number of ether oxygens (including phenoxy) is 3. The van der Waals surface area contributed by atoms with E-state index in [2.05, 4.69) is 0 Å². The molecule has 27 heavy (non-hydrogen) atoms. The third kappa shape index (κ3) is 4.05. The molecule has 1 aliphatic heterocycles. The summed E-state index contributed by atoms with van der Waals surface area (Å²) in [6.45, 7) is 0. The highest BCUT2D eigenvalue weighted by Gasteiger charge is 2.43. The van der Waals surface area contributed by atoms with Crippen LogP contribution in [0.1, 0.15) is 23.7 Å². The summed E-state index contributed by atoms with van der Waals surface area (Å²) in [5.41, 5.74) is -0.454. The average Bonchev–Trinajstić information content (AvgIpc) is 3.03. The summed E-state index contributed by atoms with van der Waals surface area (Å²) in [6, 6.07) is 10.7. The van der Waals surface area contributed by atoms with Crippen molar-refractivity contribution in [2.75, 3.05) is 7.11 Å². The van der Waals surface area contributed by atoms with Gasteiger partial charge in [-0.25, -0.2) is 0 Å². The molecule has 0 amide bonds. The molecule has 0 aliphatic carbocycles. The van der Waals surface area contributed by atoms with Crippen molar-refractivity contribution in [1.82, 2.24) is 0 Å². The molecule has 1 aliphatic rings. The second-order valence-electron chi connectivity index (χ2n) is 5.91. The Kier molecular flexibility index (Phi) is 5.07. The third-order valence-electron chi connectivity index (χ3n) is 4.14. The number of carbonyl (C=O) groups is 2. The maximum atomic E-state index is 12.8. The number of halogens is 3. The van der Waals surface area contributed by atoms with Crippen LogP contribution in [0.5, 0.6) is 11.5 Å². The van der Waals surface area contributed by atoms with Crippen LogP contribution in [0.25, 0.3) is 0 Å². The molecule has 3 rings (SSSR count). The molecular formula is C19H15F3O5. The van der Waals surface area contributed by atoms with E-state index >= 15 is 0 Å². The van der Waals surface area contributed by atoms with Gasteiger partial charge in [-0.2, -0.15) is 13.2 Å². The molecule has 5 nitrogen and oxygen atoms in total. The standard InChI is InChI=1S/C19H15F3O5/c1-25-15-8-3-2-7-13(15)17-14(10-16(23)27-17)18(24)26-12-6-4-5-11(9-12)19(20,21)22/h2-9,14,17H,10H2,1H3/t14-,17-/m0/s1. The summed E-state index contributed by atoms with van der Waals surface area (Å²) < 4.78 is 54.0. The summed E-state index contributed by atoms with van der Waals surface area (Å²) in [7, 11) is 1.44. The summed E-state index contributed by atoms with van der Waals surface area (Å²) in [4.78, 5) is 24.3. The van der Waals surface area contributed by atoms with E-state index in [1.807, 2.05) is 0 Å². The largest absolute Gasteiger partial charge is 0.496 e. The Balaban J connectivity index is 1.84. The number of hydrogen-bond acceptors (Lipinski definition) is 5. The van der Waals surface area contributed by atoms with Crippen molar-refractivity contribution in [3.05, 3.63) is 59.7 Å². The zero-order chi connectivity index (χ0) is 19.6. The smallest absolute Gasteiger partial charge is 0.416 e. The van der Waals surface area contributed by atoms with Crippen molar-refractivity contribution >= 4 is 11.9 Å². The van der Waals surface area contributed by atoms with Crippen LogP contribution in [0.3, 0.4) is 0 Å². The van der Waals surface area contributed by atoms with Gasteiger partial charge >= 0.3 is 18.1 Å². The maximum Gasteiger partial charge on any atom is 0.416 e. The Hall–Kier alpha value is -3.03. The van der Waals surface area contributed by atoms with Gasteiger partial charge in [-0.15, -0.1) is 0 Å². The van der Waals surface area contributed by atoms with Gasteiger partial charge in [-0.05, 0) is 24.3 Å². The van der Waals surface area contributed by atoms with E-state index in [4.69, 9.17) is 14.2 Å². The molecule has 0 unspecified atom stereocenters. The number of benzene rings is 2. The van der Waals surface area contributed by atoms with E-state index in [0.29, 0.717) is 11.3 Å². The van der Waals surface area contributed by atoms with Crippen LogP contribution < -0.4 is 9.47 Å². The minimum absolute atomic E-state index is 0.236. The highest BCUT2D eigenvalue weighted by Crippen LogP contribution is 2.40. The van der Waals surface area contributed by atoms with Crippen molar-refractivity contribution < 1.29 is 37.0 Å². The van der Waals surface area contributed by atoms with E-state index in [9.17, 15) is 22.8 Å². The highest BCUT2D eigenvalue weighted by molar-refractivity contribution is 5.85. The van der Waals surface area contributed by atoms with Crippen LogP contribution in [0, 0.1) is 5.92 Å². The van der Waals surface area contributed by atoms with E-state index in [1.54, 1.807) is 24.3 Å². The molecular weight excluding hydrogens is 365 g/mol. The van der Waals surface area contributed by atoms with Gasteiger partial charge in [0.05, 0.1) is 19.1 Å². The van der Waals surface area contributed by atoms with Gasteiger partial charge in [0.1, 0.15) is 23.5 Å². The van der Waals surface area contributed by atoms with E-state index < -0.39 is 35.7 Å². The molecule has 8 heteroatoms. The molecule has 0 N–H and O–H groups in total. The number of carbonyl (C=O) groups excluding carboxylic acids is 2. The molecule has 2 atom stereocenters. The van der Waals surface area contributed by atoms with Gasteiger partial charge in [-0.3, -0.25) is 9.59 Å². The Morgan fingerprint density at radius 1 is 1.15 bits per heavy atom. The van der Waals surface area contributed by atoms with Gasteiger partial charge in [0, 0.05) is 5.56 Å². The lowest BCUT2D eigenvalue weighted by molar-refractivity contribution is -0.144. The van der Waals surface area contributed by atoms with E-state index in [-0.39, 0.29) is 12.2 Å². The highest BCUT2D eigenvalue weighted by atomic mass is 19.4. The Labute approximate surface area is 152 Å². The normalized spacial score (nSPS) is 19.5. The number of cyclic esters (lactones) is 1. The Morgan fingerprint density at radius 3 is 2.59 bits per heavy atom. The van der Waals surface area contributed by atoms with Crippen molar-refractivity contribution in [1.29, 1.82) is 0 Å². The molecule has 0 saturated carbocycles. The van der Waals surface area contributed by atoms with Crippen LogP contribution in [0.2, 0.25) is 0 Å². The number of para-hydroxylation sites is 1. The molecule has 0 radical (unpaired) electrons. The maximum absolute atomic E-state index is 12.8. The second-order valence-corrected chi connectivity index (χ2v) is 5.91. The first-order chi connectivity index (χ1) is 12.8. The number of alkyl halides is 3. The third-order valence-corrected chi connectivity index (χ3v) is 4.14. The number of rotatable bonds is 4. The van der Waals surface area contributed by atoms with Gasteiger partial charge < -0.3 is 14.2 Å². The molecule has 1 heterocycles. The van der Waals surface area contributed by atoms with Crippen LogP contribution in [0.15, 0.2) is 48.5 Å². The number of methoxy groups -OCH3 is 1. The van der Waals surface area contributed by atoms with E-state index in [1.165, 1.54) is 13.2 Å². The monoisotopic (exact) mass is 380 g/mol. The zero-order valence-corrected chi connectivity index (χ0v) is 14.2. The van der Waals surface area contributed by atoms with Gasteiger partial charge in [0.25, 0.3) is 0 Å². The van der Waals surface area contributed by atoms with Crippen LogP contribution in [-0.2, 0) is 20.5 Å².